The summed E-state index contributed by atoms with van der Waals surface area (Å²) >= 11 is 0. The van der Waals surface area contributed by atoms with Crippen LogP contribution in [0.15, 0.2) is 42.9 Å². The topological polar surface area (TPSA) is 78.9 Å². The number of urea groups is 1. The molecule has 24 heavy (non-hydrogen) atoms. The average Bonchev–Trinajstić information content (AvgIpc) is 2.63. The first-order valence-electron chi connectivity index (χ1n) is 8.46. The van der Waals surface area contributed by atoms with Crippen molar-refractivity contribution in [3.05, 3.63) is 48.4 Å². The molecule has 3 N–H and O–H groups in total. The Morgan fingerprint density at radius 2 is 2.00 bits per heavy atom. The van der Waals surface area contributed by atoms with Crippen molar-refractivity contribution >= 4 is 17.5 Å². The first kappa shape index (κ1) is 16.2. The fourth-order valence-electron chi connectivity index (χ4n) is 2.87. The number of aromatic nitrogens is 2. The Hall–Kier alpha value is -2.63. The first-order valence-corrected chi connectivity index (χ1v) is 8.46. The van der Waals surface area contributed by atoms with Crippen LogP contribution in [0.4, 0.5) is 16.3 Å². The number of nitrogens with one attached hydrogen (secondary N) is 3. The van der Waals surface area contributed by atoms with Crippen molar-refractivity contribution in [1.29, 1.82) is 0 Å². The summed E-state index contributed by atoms with van der Waals surface area (Å²) in [5, 5.41) is 9.10. The summed E-state index contributed by atoms with van der Waals surface area (Å²) in [6.45, 7) is 0.662. The van der Waals surface area contributed by atoms with Crippen LogP contribution in [0.2, 0.25) is 0 Å². The Kier molecular flexibility index (Phi) is 5.61. The van der Waals surface area contributed by atoms with E-state index in [2.05, 4.69) is 25.9 Å². The molecule has 6 heteroatoms. The van der Waals surface area contributed by atoms with Crippen LogP contribution in [-0.4, -0.2) is 22.0 Å². The molecule has 0 bridgehead atoms. The number of rotatable bonds is 5. The molecule has 1 aliphatic rings. The molecule has 3 rings (SSSR count). The zero-order chi connectivity index (χ0) is 16.6. The van der Waals surface area contributed by atoms with Gasteiger partial charge in [0.15, 0.2) is 0 Å². The summed E-state index contributed by atoms with van der Waals surface area (Å²) in [5.74, 6) is 0.761. The third-order valence-electron chi connectivity index (χ3n) is 4.16. The molecule has 2 heterocycles. The lowest BCUT2D eigenvalue weighted by Crippen LogP contribution is -2.39. The third-order valence-corrected chi connectivity index (χ3v) is 4.16. The van der Waals surface area contributed by atoms with Gasteiger partial charge in [-0.2, -0.15) is 0 Å². The molecular weight excluding hydrogens is 302 g/mol. The van der Waals surface area contributed by atoms with Crippen LogP contribution in [0.3, 0.4) is 0 Å². The van der Waals surface area contributed by atoms with Gasteiger partial charge in [-0.3, -0.25) is 4.98 Å². The van der Waals surface area contributed by atoms with Gasteiger partial charge in [-0.25, -0.2) is 9.78 Å². The molecule has 6 nitrogen and oxygen atoms in total. The van der Waals surface area contributed by atoms with Gasteiger partial charge in [0.1, 0.15) is 5.82 Å². The van der Waals surface area contributed by atoms with Crippen molar-refractivity contribution in [3.8, 4) is 0 Å². The molecular formula is C18H23N5O. The van der Waals surface area contributed by atoms with E-state index >= 15 is 0 Å². The SMILES string of the molecule is O=C(Nc1ccc(NCc2cccnc2)nc1)NC1CCCCC1. The summed E-state index contributed by atoms with van der Waals surface area (Å²) < 4.78 is 0. The fourth-order valence-corrected chi connectivity index (χ4v) is 2.87. The minimum Gasteiger partial charge on any atom is -0.366 e. The molecule has 0 aromatic carbocycles. The van der Waals surface area contributed by atoms with E-state index in [0.29, 0.717) is 18.3 Å². The van der Waals surface area contributed by atoms with E-state index < -0.39 is 0 Å². The second-order valence-corrected chi connectivity index (χ2v) is 6.08. The van der Waals surface area contributed by atoms with Gasteiger partial charge in [-0.05, 0) is 36.6 Å². The maximum absolute atomic E-state index is 12.0. The van der Waals surface area contributed by atoms with Gasteiger partial charge in [0.2, 0.25) is 0 Å². The molecule has 0 spiro atoms. The van der Waals surface area contributed by atoms with Gasteiger partial charge in [0, 0.05) is 25.0 Å². The van der Waals surface area contributed by atoms with E-state index in [4.69, 9.17) is 0 Å². The van der Waals surface area contributed by atoms with Gasteiger partial charge in [0.25, 0.3) is 0 Å². The van der Waals surface area contributed by atoms with Gasteiger partial charge < -0.3 is 16.0 Å². The molecule has 1 fully saturated rings. The van der Waals surface area contributed by atoms with Crippen LogP contribution in [-0.2, 0) is 6.54 Å². The standard InChI is InChI=1S/C18H23N5O/c24-18(22-15-6-2-1-3-7-15)23-16-8-9-17(21-13-16)20-12-14-5-4-10-19-11-14/h4-5,8-11,13,15H,1-3,6-7,12H2,(H,20,21)(H2,22,23,24). The van der Waals surface area contributed by atoms with Crippen LogP contribution in [0, 0.1) is 0 Å². The van der Waals surface area contributed by atoms with E-state index in [1.165, 1.54) is 19.3 Å². The summed E-state index contributed by atoms with van der Waals surface area (Å²) in [5.41, 5.74) is 1.78. The maximum atomic E-state index is 12.0. The van der Waals surface area contributed by atoms with E-state index in [9.17, 15) is 4.79 Å². The lowest BCUT2D eigenvalue weighted by atomic mass is 9.96. The molecule has 2 amide bonds. The molecule has 0 saturated heterocycles. The number of carbonyl (C=O) groups excluding carboxylic acids is 1. The number of nitrogens with zero attached hydrogens (tertiary/aromatic N) is 2. The Bertz CT molecular complexity index is 638. The molecule has 0 atom stereocenters. The molecule has 2 aromatic heterocycles. The van der Waals surface area contributed by atoms with Crippen molar-refractivity contribution in [2.45, 2.75) is 44.7 Å². The minimum atomic E-state index is -0.153. The number of hydrogen-bond donors (Lipinski definition) is 3. The number of amides is 2. The quantitative estimate of drug-likeness (QED) is 0.785. The summed E-state index contributed by atoms with van der Waals surface area (Å²) in [6, 6.07) is 7.76. The summed E-state index contributed by atoms with van der Waals surface area (Å²) in [7, 11) is 0. The largest absolute Gasteiger partial charge is 0.366 e. The van der Waals surface area contributed by atoms with Crippen molar-refractivity contribution in [3.63, 3.8) is 0 Å². The second kappa shape index (κ2) is 8.29. The van der Waals surface area contributed by atoms with Crippen molar-refractivity contribution in [1.82, 2.24) is 15.3 Å². The van der Waals surface area contributed by atoms with Crippen LogP contribution < -0.4 is 16.0 Å². The number of anilines is 2. The molecule has 0 aliphatic heterocycles. The van der Waals surface area contributed by atoms with Crippen LogP contribution in [0.25, 0.3) is 0 Å². The third kappa shape index (κ3) is 4.94. The summed E-state index contributed by atoms with van der Waals surface area (Å²) in [4.78, 5) is 20.4. The summed E-state index contributed by atoms with van der Waals surface area (Å²) in [6.07, 6.45) is 11.0. The predicted octanol–water partition coefficient (Wildman–Crippen LogP) is 3.54. The van der Waals surface area contributed by atoms with Gasteiger partial charge in [-0.15, -0.1) is 0 Å². The van der Waals surface area contributed by atoms with Crippen molar-refractivity contribution < 1.29 is 4.79 Å². The van der Waals surface area contributed by atoms with E-state index in [-0.39, 0.29) is 6.03 Å². The zero-order valence-corrected chi connectivity index (χ0v) is 13.7. The smallest absolute Gasteiger partial charge is 0.319 e. The highest BCUT2D eigenvalue weighted by Gasteiger charge is 2.15. The van der Waals surface area contributed by atoms with Gasteiger partial charge >= 0.3 is 6.03 Å². The fraction of sp³-hybridized carbons (Fsp3) is 0.389. The lowest BCUT2D eigenvalue weighted by molar-refractivity contribution is 0.244. The Morgan fingerprint density at radius 1 is 1.12 bits per heavy atom. The Balaban J connectivity index is 1.46. The van der Waals surface area contributed by atoms with Crippen LogP contribution >= 0.6 is 0 Å². The molecule has 2 aromatic rings. The molecule has 1 saturated carbocycles. The molecule has 0 unspecified atom stereocenters. The second-order valence-electron chi connectivity index (χ2n) is 6.08. The average molecular weight is 325 g/mol. The first-order chi connectivity index (χ1) is 11.8. The monoisotopic (exact) mass is 325 g/mol. The highest BCUT2D eigenvalue weighted by molar-refractivity contribution is 5.89. The number of hydrogen-bond acceptors (Lipinski definition) is 4. The number of carbonyl (C=O) groups is 1. The Labute approximate surface area is 142 Å². The van der Waals surface area contributed by atoms with Gasteiger partial charge in [-0.1, -0.05) is 25.3 Å². The number of pyridine rings is 2. The Morgan fingerprint density at radius 3 is 2.71 bits per heavy atom. The lowest BCUT2D eigenvalue weighted by Gasteiger charge is -2.22. The van der Waals surface area contributed by atoms with Crippen LogP contribution in [0.5, 0.6) is 0 Å². The van der Waals surface area contributed by atoms with E-state index in [1.807, 2.05) is 30.5 Å². The minimum absolute atomic E-state index is 0.153. The van der Waals surface area contributed by atoms with Crippen molar-refractivity contribution in [2.24, 2.45) is 0 Å². The zero-order valence-electron chi connectivity index (χ0n) is 13.7. The molecule has 126 valence electrons. The van der Waals surface area contributed by atoms with Crippen LogP contribution in [0.1, 0.15) is 37.7 Å². The van der Waals surface area contributed by atoms with Crippen molar-refractivity contribution in [2.75, 3.05) is 10.6 Å². The molecule has 1 aliphatic carbocycles. The normalized spacial score (nSPS) is 14.8. The van der Waals surface area contributed by atoms with E-state index in [0.717, 1.165) is 24.2 Å². The predicted molar refractivity (Wildman–Crippen MR) is 94.8 cm³/mol. The highest BCUT2D eigenvalue weighted by Crippen LogP contribution is 2.17. The van der Waals surface area contributed by atoms with E-state index in [1.54, 1.807) is 12.4 Å². The maximum Gasteiger partial charge on any atom is 0.319 e. The van der Waals surface area contributed by atoms with Gasteiger partial charge in [0.05, 0.1) is 11.9 Å². The highest BCUT2D eigenvalue weighted by atomic mass is 16.2. The molecule has 0 radical (unpaired) electrons.